The lowest BCUT2D eigenvalue weighted by Crippen LogP contribution is -2.30. The lowest BCUT2D eigenvalue weighted by molar-refractivity contribution is 0.0697. The van der Waals surface area contributed by atoms with Crippen molar-refractivity contribution in [3.63, 3.8) is 0 Å². The fourth-order valence-electron chi connectivity index (χ4n) is 3.92. The largest absolute Gasteiger partial charge is 0.488 e. The van der Waals surface area contributed by atoms with Gasteiger partial charge in [-0.05, 0) is 67.2 Å². The van der Waals surface area contributed by atoms with E-state index in [0.29, 0.717) is 18.2 Å². The molecule has 2 aliphatic heterocycles. The molecule has 0 spiro atoms. The third-order valence-electron chi connectivity index (χ3n) is 5.48. The highest BCUT2D eigenvalue weighted by atomic mass is 16.5. The van der Waals surface area contributed by atoms with Crippen LogP contribution in [0.1, 0.15) is 51.5 Å². The van der Waals surface area contributed by atoms with Crippen LogP contribution in [0.2, 0.25) is 0 Å². The summed E-state index contributed by atoms with van der Waals surface area (Å²) in [6, 6.07) is 12.0. The summed E-state index contributed by atoms with van der Waals surface area (Å²) < 4.78 is 6.07. The number of nitrogens with one attached hydrogen (secondary N) is 1. The summed E-state index contributed by atoms with van der Waals surface area (Å²) in [5.74, 6) is 0.121. The van der Waals surface area contributed by atoms with Crippen molar-refractivity contribution in [1.82, 2.24) is 5.32 Å². The molecular formula is C22H23NO3. The molecule has 4 heteroatoms. The zero-order chi connectivity index (χ0) is 18.3. The van der Waals surface area contributed by atoms with Crippen LogP contribution < -0.4 is 10.1 Å². The van der Waals surface area contributed by atoms with Crippen molar-refractivity contribution in [3.05, 3.63) is 69.8 Å². The lowest BCUT2D eigenvalue weighted by atomic mass is 9.96. The van der Waals surface area contributed by atoms with E-state index in [1.807, 2.05) is 12.1 Å². The van der Waals surface area contributed by atoms with Gasteiger partial charge in [0.05, 0.1) is 5.56 Å². The van der Waals surface area contributed by atoms with E-state index in [9.17, 15) is 4.79 Å². The highest BCUT2D eigenvalue weighted by molar-refractivity contribution is 5.87. The fraction of sp³-hybridized carbons (Fsp3) is 0.318. The minimum absolute atomic E-state index is 0.253. The van der Waals surface area contributed by atoms with Gasteiger partial charge in [0.15, 0.2) is 0 Å². The highest BCUT2D eigenvalue weighted by Crippen LogP contribution is 2.36. The number of rotatable bonds is 3. The second kappa shape index (κ2) is 6.61. The van der Waals surface area contributed by atoms with Crippen LogP contribution in [0.5, 0.6) is 5.75 Å². The van der Waals surface area contributed by atoms with Crippen LogP contribution in [0, 0.1) is 13.8 Å². The first-order chi connectivity index (χ1) is 12.5. The van der Waals surface area contributed by atoms with Gasteiger partial charge in [-0.1, -0.05) is 24.3 Å². The quantitative estimate of drug-likeness (QED) is 0.869. The molecular weight excluding hydrogens is 326 g/mol. The Bertz CT molecular complexity index is 883. The maximum Gasteiger partial charge on any atom is 0.335 e. The van der Waals surface area contributed by atoms with E-state index in [4.69, 9.17) is 9.84 Å². The van der Waals surface area contributed by atoms with E-state index in [0.717, 1.165) is 24.2 Å². The molecule has 2 unspecified atom stereocenters. The van der Waals surface area contributed by atoms with Gasteiger partial charge in [-0.2, -0.15) is 0 Å². The summed E-state index contributed by atoms with van der Waals surface area (Å²) in [6.45, 7) is 4.83. The number of benzene rings is 2. The Morgan fingerprint density at radius 2 is 1.73 bits per heavy atom. The minimum atomic E-state index is -0.886. The molecule has 0 aliphatic carbocycles. The summed E-state index contributed by atoms with van der Waals surface area (Å²) in [5, 5.41) is 12.7. The third kappa shape index (κ3) is 3.01. The van der Waals surface area contributed by atoms with Crippen molar-refractivity contribution < 1.29 is 14.6 Å². The van der Waals surface area contributed by atoms with Crippen LogP contribution in [-0.4, -0.2) is 23.7 Å². The number of aryl methyl sites for hydroxylation is 2. The van der Waals surface area contributed by atoms with Crippen molar-refractivity contribution in [3.8, 4) is 5.75 Å². The van der Waals surface area contributed by atoms with Gasteiger partial charge in [-0.3, -0.25) is 0 Å². The van der Waals surface area contributed by atoms with E-state index >= 15 is 0 Å². The lowest BCUT2D eigenvalue weighted by Gasteiger charge is -2.25. The summed E-state index contributed by atoms with van der Waals surface area (Å²) >= 11 is 0. The molecule has 2 aromatic rings. The van der Waals surface area contributed by atoms with Crippen LogP contribution in [0.3, 0.4) is 0 Å². The van der Waals surface area contributed by atoms with Gasteiger partial charge in [-0.15, -0.1) is 0 Å². The second-order valence-electron chi connectivity index (χ2n) is 7.23. The number of hydrogen-bond acceptors (Lipinski definition) is 3. The van der Waals surface area contributed by atoms with Crippen molar-refractivity contribution >= 4 is 12.0 Å². The molecule has 4 rings (SSSR count). The number of carboxylic acid groups (broad SMARTS) is 1. The first kappa shape index (κ1) is 16.9. The van der Waals surface area contributed by atoms with Gasteiger partial charge in [0.25, 0.3) is 0 Å². The molecule has 2 heterocycles. The van der Waals surface area contributed by atoms with E-state index < -0.39 is 5.97 Å². The molecule has 1 saturated heterocycles. The molecule has 26 heavy (non-hydrogen) atoms. The molecule has 2 aromatic carbocycles. The van der Waals surface area contributed by atoms with Crippen molar-refractivity contribution in [2.45, 2.75) is 38.8 Å². The average molecular weight is 349 g/mol. The van der Waals surface area contributed by atoms with Gasteiger partial charge in [0.2, 0.25) is 0 Å². The molecule has 2 N–H and O–H groups in total. The molecule has 134 valence electrons. The van der Waals surface area contributed by atoms with Gasteiger partial charge in [0, 0.05) is 17.6 Å². The Labute approximate surface area is 153 Å². The summed E-state index contributed by atoms with van der Waals surface area (Å²) in [6.07, 6.45) is 4.38. The van der Waals surface area contributed by atoms with Crippen LogP contribution in [0.4, 0.5) is 0 Å². The molecule has 0 aromatic heterocycles. The second-order valence-corrected chi connectivity index (χ2v) is 7.23. The SMILES string of the molecule is Cc1ccc(C)c2c1C=C(C1CCC(c3ccc(C(=O)O)cc3)N1)CO2. The first-order valence-electron chi connectivity index (χ1n) is 9.05. The van der Waals surface area contributed by atoms with E-state index in [1.54, 1.807) is 12.1 Å². The van der Waals surface area contributed by atoms with Crippen LogP contribution in [0.15, 0.2) is 42.0 Å². The maximum atomic E-state index is 11.0. The molecule has 4 nitrogen and oxygen atoms in total. The van der Waals surface area contributed by atoms with Gasteiger partial charge in [0.1, 0.15) is 12.4 Å². The van der Waals surface area contributed by atoms with Gasteiger partial charge < -0.3 is 15.2 Å². The van der Waals surface area contributed by atoms with Gasteiger partial charge in [-0.25, -0.2) is 4.79 Å². The highest BCUT2D eigenvalue weighted by Gasteiger charge is 2.29. The Morgan fingerprint density at radius 1 is 1.04 bits per heavy atom. The van der Waals surface area contributed by atoms with Crippen LogP contribution in [-0.2, 0) is 0 Å². The first-order valence-corrected chi connectivity index (χ1v) is 9.05. The number of carbonyl (C=O) groups is 1. The zero-order valence-corrected chi connectivity index (χ0v) is 15.1. The summed E-state index contributed by atoms with van der Waals surface area (Å²) in [4.78, 5) is 11.0. The average Bonchev–Trinajstić information content (AvgIpc) is 3.15. The Balaban J connectivity index is 1.53. The van der Waals surface area contributed by atoms with Crippen molar-refractivity contribution in [2.24, 2.45) is 0 Å². The van der Waals surface area contributed by atoms with E-state index in [2.05, 4.69) is 37.4 Å². The molecule has 1 fully saturated rings. The Kier molecular flexibility index (Phi) is 4.29. The molecule has 2 aliphatic rings. The monoisotopic (exact) mass is 349 g/mol. The molecule has 0 amide bonds. The number of ether oxygens (including phenoxy) is 1. The number of hydrogen-bond donors (Lipinski definition) is 2. The number of carboxylic acids is 1. The molecule has 0 bridgehead atoms. The standard InChI is InChI=1S/C22H23NO3/c1-13-3-4-14(2)21-18(13)11-17(12-26-21)20-10-9-19(23-20)15-5-7-16(8-6-15)22(24)25/h3-8,11,19-20,23H,9-10,12H2,1-2H3,(H,24,25). The molecule has 0 radical (unpaired) electrons. The van der Waals surface area contributed by atoms with Crippen LogP contribution >= 0.6 is 0 Å². The summed E-state index contributed by atoms with van der Waals surface area (Å²) in [5.41, 5.74) is 6.37. The maximum absolute atomic E-state index is 11.0. The Morgan fingerprint density at radius 3 is 2.46 bits per heavy atom. The van der Waals surface area contributed by atoms with Gasteiger partial charge >= 0.3 is 5.97 Å². The predicted molar refractivity (Wildman–Crippen MR) is 102 cm³/mol. The summed E-state index contributed by atoms with van der Waals surface area (Å²) in [7, 11) is 0. The van der Waals surface area contributed by atoms with Crippen molar-refractivity contribution in [2.75, 3.05) is 6.61 Å². The van der Waals surface area contributed by atoms with E-state index in [1.165, 1.54) is 22.3 Å². The third-order valence-corrected chi connectivity index (χ3v) is 5.48. The molecule has 2 atom stereocenters. The number of aromatic carboxylic acids is 1. The fourth-order valence-corrected chi connectivity index (χ4v) is 3.92. The predicted octanol–water partition coefficient (Wildman–Crippen LogP) is 4.27. The van der Waals surface area contributed by atoms with E-state index in [-0.39, 0.29) is 6.04 Å². The zero-order valence-electron chi connectivity index (χ0n) is 15.1. The Hall–Kier alpha value is -2.59. The number of fused-ring (bicyclic) bond motifs is 1. The normalized spacial score (nSPS) is 21.7. The van der Waals surface area contributed by atoms with Crippen LogP contribution in [0.25, 0.3) is 6.08 Å². The topological polar surface area (TPSA) is 58.6 Å². The minimum Gasteiger partial charge on any atom is -0.488 e. The van der Waals surface area contributed by atoms with Crippen molar-refractivity contribution in [1.29, 1.82) is 0 Å². The smallest absolute Gasteiger partial charge is 0.335 e. The molecule has 0 saturated carbocycles.